The SMILES string of the molecule is O=C(Nc1ccc(-n2cncn2)c(F)c1)[C@H]1CCn2c(cnc2C(F)(F)F)C1. The number of amides is 1. The number of carbonyl (C=O) groups excluding carboxylic acids is 1. The Hall–Kier alpha value is -3.24. The first-order valence-electron chi connectivity index (χ1n) is 8.40. The van der Waals surface area contributed by atoms with Crippen molar-refractivity contribution in [1.82, 2.24) is 24.3 Å². The zero-order chi connectivity index (χ0) is 19.9. The molecular formula is C17H14F4N6O. The number of anilines is 1. The topological polar surface area (TPSA) is 77.6 Å². The molecule has 4 rings (SSSR count). The summed E-state index contributed by atoms with van der Waals surface area (Å²) in [5.41, 5.74) is 0.782. The van der Waals surface area contributed by atoms with Crippen molar-refractivity contribution < 1.29 is 22.4 Å². The lowest BCUT2D eigenvalue weighted by molar-refractivity contribution is -0.147. The molecule has 1 N–H and O–H groups in total. The molecule has 7 nitrogen and oxygen atoms in total. The fourth-order valence-corrected chi connectivity index (χ4v) is 3.26. The molecule has 28 heavy (non-hydrogen) atoms. The molecule has 1 amide bonds. The molecule has 0 unspecified atom stereocenters. The fraction of sp³-hybridized carbons (Fsp3) is 0.294. The number of benzene rings is 1. The highest BCUT2D eigenvalue weighted by Gasteiger charge is 2.39. The molecule has 0 bridgehead atoms. The molecule has 0 saturated heterocycles. The van der Waals surface area contributed by atoms with Crippen LogP contribution in [0.3, 0.4) is 0 Å². The van der Waals surface area contributed by atoms with Crippen LogP contribution in [0.1, 0.15) is 17.9 Å². The third-order valence-corrected chi connectivity index (χ3v) is 4.60. The van der Waals surface area contributed by atoms with Gasteiger partial charge in [-0.15, -0.1) is 0 Å². The van der Waals surface area contributed by atoms with E-state index in [0.29, 0.717) is 5.69 Å². The van der Waals surface area contributed by atoms with E-state index in [2.05, 4.69) is 20.4 Å². The molecule has 0 spiro atoms. The van der Waals surface area contributed by atoms with Gasteiger partial charge in [0.05, 0.1) is 0 Å². The molecule has 2 aromatic heterocycles. The highest BCUT2D eigenvalue weighted by atomic mass is 19.4. The van der Waals surface area contributed by atoms with Crippen LogP contribution in [-0.2, 0) is 23.9 Å². The molecule has 0 aliphatic carbocycles. The van der Waals surface area contributed by atoms with Crippen LogP contribution in [0.4, 0.5) is 23.2 Å². The minimum atomic E-state index is -4.53. The molecule has 1 aliphatic rings. The predicted octanol–water partition coefficient (Wildman–Crippen LogP) is 2.82. The summed E-state index contributed by atoms with van der Waals surface area (Å²) in [5.74, 6) is -2.45. The van der Waals surface area contributed by atoms with Crippen LogP contribution in [0, 0.1) is 11.7 Å². The van der Waals surface area contributed by atoms with Gasteiger partial charge in [0.25, 0.3) is 0 Å². The van der Waals surface area contributed by atoms with Crippen LogP contribution >= 0.6 is 0 Å². The summed E-state index contributed by atoms with van der Waals surface area (Å²) < 4.78 is 55.4. The molecule has 0 radical (unpaired) electrons. The number of nitrogens with zero attached hydrogens (tertiary/aromatic N) is 5. The highest BCUT2D eigenvalue weighted by Crippen LogP contribution is 2.32. The lowest BCUT2D eigenvalue weighted by atomic mass is 9.95. The number of nitrogens with one attached hydrogen (secondary N) is 1. The van der Waals surface area contributed by atoms with E-state index < -0.39 is 23.7 Å². The second-order valence-electron chi connectivity index (χ2n) is 6.41. The fourth-order valence-electron chi connectivity index (χ4n) is 3.26. The van der Waals surface area contributed by atoms with Crippen molar-refractivity contribution in [2.45, 2.75) is 25.6 Å². The van der Waals surface area contributed by atoms with Crippen LogP contribution in [0.5, 0.6) is 0 Å². The van der Waals surface area contributed by atoms with Gasteiger partial charge in [-0.3, -0.25) is 4.79 Å². The standard InChI is InChI=1S/C17H14F4N6O/c18-13-6-11(1-2-14(13)27-9-22-8-24-27)25-15(28)10-3-4-26-12(5-10)7-23-16(26)17(19,20)21/h1-2,6-10H,3-5H2,(H,25,28)/t10-/m0/s1. The monoisotopic (exact) mass is 394 g/mol. The second-order valence-corrected chi connectivity index (χ2v) is 6.41. The zero-order valence-corrected chi connectivity index (χ0v) is 14.3. The number of aromatic nitrogens is 5. The minimum absolute atomic E-state index is 0.0435. The van der Waals surface area contributed by atoms with E-state index in [-0.39, 0.29) is 36.7 Å². The molecule has 146 valence electrons. The molecule has 0 fully saturated rings. The Morgan fingerprint density at radius 3 is 2.79 bits per heavy atom. The average Bonchev–Trinajstić information content (AvgIpc) is 3.30. The number of rotatable bonds is 3. The van der Waals surface area contributed by atoms with Crippen molar-refractivity contribution in [2.24, 2.45) is 5.92 Å². The maximum absolute atomic E-state index is 14.3. The van der Waals surface area contributed by atoms with E-state index in [1.165, 1.54) is 29.5 Å². The maximum atomic E-state index is 14.3. The van der Waals surface area contributed by atoms with Gasteiger partial charge >= 0.3 is 6.18 Å². The first kappa shape index (κ1) is 18.1. The van der Waals surface area contributed by atoms with Crippen molar-refractivity contribution in [2.75, 3.05) is 5.32 Å². The van der Waals surface area contributed by atoms with Crippen molar-refractivity contribution in [3.05, 3.63) is 54.4 Å². The molecule has 3 aromatic rings. The van der Waals surface area contributed by atoms with Gasteiger partial charge in [-0.1, -0.05) is 0 Å². The van der Waals surface area contributed by atoms with Crippen LogP contribution in [0.15, 0.2) is 37.1 Å². The van der Waals surface area contributed by atoms with Crippen molar-refractivity contribution in [3.63, 3.8) is 0 Å². The summed E-state index contributed by atoms with van der Waals surface area (Å²) in [7, 11) is 0. The van der Waals surface area contributed by atoms with Crippen molar-refractivity contribution in [3.8, 4) is 5.69 Å². The summed E-state index contributed by atoms with van der Waals surface area (Å²) in [6.07, 6.45) is -0.401. The van der Waals surface area contributed by atoms with E-state index in [4.69, 9.17) is 0 Å². The van der Waals surface area contributed by atoms with Gasteiger partial charge < -0.3 is 9.88 Å². The minimum Gasteiger partial charge on any atom is -0.326 e. The number of fused-ring (bicyclic) bond motifs is 1. The van der Waals surface area contributed by atoms with E-state index in [1.54, 1.807) is 0 Å². The lowest BCUT2D eigenvalue weighted by Crippen LogP contribution is -2.31. The van der Waals surface area contributed by atoms with Gasteiger partial charge in [0.15, 0.2) is 5.82 Å². The average molecular weight is 394 g/mol. The van der Waals surface area contributed by atoms with E-state index in [9.17, 15) is 22.4 Å². The Labute approximate surface area is 156 Å². The predicted molar refractivity (Wildman–Crippen MR) is 89.0 cm³/mol. The van der Waals surface area contributed by atoms with Gasteiger partial charge in [-0.25, -0.2) is 19.0 Å². The molecule has 1 aromatic carbocycles. The lowest BCUT2D eigenvalue weighted by Gasteiger charge is -2.24. The van der Waals surface area contributed by atoms with Gasteiger partial charge in [0.1, 0.15) is 18.3 Å². The van der Waals surface area contributed by atoms with Crippen LogP contribution in [0.25, 0.3) is 5.69 Å². The number of imidazole rings is 1. The molecule has 1 atom stereocenters. The van der Waals surface area contributed by atoms with Crippen LogP contribution in [-0.4, -0.2) is 30.2 Å². The molecule has 3 heterocycles. The number of alkyl halides is 3. The summed E-state index contributed by atoms with van der Waals surface area (Å²) in [6, 6.07) is 4.13. The Morgan fingerprint density at radius 1 is 1.29 bits per heavy atom. The molecule has 11 heteroatoms. The van der Waals surface area contributed by atoms with Gasteiger partial charge in [0.2, 0.25) is 11.7 Å². The third kappa shape index (κ3) is 3.35. The first-order valence-corrected chi connectivity index (χ1v) is 8.40. The Kier molecular flexibility index (Phi) is 4.36. The molecular weight excluding hydrogens is 380 g/mol. The van der Waals surface area contributed by atoms with E-state index in [1.807, 2.05) is 0 Å². The van der Waals surface area contributed by atoms with E-state index in [0.717, 1.165) is 16.8 Å². The zero-order valence-electron chi connectivity index (χ0n) is 14.3. The highest BCUT2D eigenvalue weighted by molar-refractivity contribution is 5.92. The van der Waals surface area contributed by atoms with Gasteiger partial charge in [0, 0.05) is 36.5 Å². The number of hydrogen-bond donors (Lipinski definition) is 1. The van der Waals surface area contributed by atoms with Crippen LogP contribution < -0.4 is 5.32 Å². The normalized spacial score (nSPS) is 16.6. The van der Waals surface area contributed by atoms with E-state index >= 15 is 0 Å². The number of hydrogen-bond acceptors (Lipinski definition) is 4. The van der Waals surface area contributed by atoms with Gasteiger partial charge in [-0.05, 0) is 24.6 Å². The summed E-state index contributed by atoms with van der Waals surface area (Å²) in [5, 5.41) is 6.46. The van der Waals surface area contributed by atoms with Crippen LogP contribution in [0.2, 0.25) is 0 Å². The second kappa shape index (κ2) is 6.73. The first-order chi connectivity index (χ1) is 13.3. The summed E-state index contributed by atoms with van der Waals surface area (Å²) >= 11 is 0. The third-order valence-electron chi connectivity index (χ3n) is 4.60. The molecule has 0 saturated carbocycles. The summed E-state index contributed by atoms with van der Waals surface area (Å²) in [6.45, 7) is 0.0435. The molecule has 1 aliphatic heterocycles. The quantitative estimate of drug-likeness (QED) is 0.693. The largest absolute Gasteiger partial charge is 0.449 e. The Morgan fingerprint density at radius 2 is 2.11 bits per heavy atom. The number of carbonyl (C=O) groups is 1. The number of halogens is 4. The summed E-state index contributed by atoms with van der Waals surface area (Å²) in [4.78, 5) is 19.7. The van der Waals surface area contributed by atoms with Crippen molar-refractivity contribution >= 4 is 11.6 Å². The Balaban J connectivity index is 1.46. The Bertz CT molecular complexity index is 1010. The smallest absolute Gasteiger partial charge is 0.326 e. The van der Waals surface area contributed by atoms with Gasteiger partial charge in [-0.2, -0.15) is 18.3 Å². The van der Waals surface area contributed by atoms with Crippen molar-refractivity contribution in [1.29, 1.82) is 0 Å². The maximum Gasteiger partial charge on any atom is 0.449 e.